The molecule has 4 heteroatoms. The van der Waals surface area contributed by atoms with Crippen molar-refractivity contribution >= 4 is 23.7 Å². The van der Waals surface area contributed by atoms with Crippen LogP contribution in [-0.2, 0) is 0 Å². The summed E-state index contributed by atoms with van der Waals surface area (Å²) >= 11 is 6.21. The van der Waals surface area contributed by atoms with Crippen LogP contribution in [0.3, 0.4) is 0 Å². The van der Waals surface area contributed by atoms with E-state index < -0.39 is 0 Å². The van der Waals surface area contributed by atoms with Crippen LogP contribution in [0.4, 0.5) is 5.82 Å². The Morgan fingerprint density at radius 1 is 1.26 bits per heavy atom. The Morgan fingerprint density at radius 3 is 2.68 bits per heavy atom. The Kier molecular flexibility index (Phi) is 4.17. The highest BCUT2D eigenvalue weighted by Crippen LogP contribution is 2.29. The van der Waals surface area contributed by atoms with Crippen molar-refractivity contribution in [1.29, 1.82) is 0 Å². The first-order valence-corrected chi connectivity index (χ1v) is 6.40. The molecule has 98 valence electrons. The molecule has 0 saturated carbocycles. The molecule has 0 aliphatic carbocycles. The summed E-state index contributed by atoms with van der Waals surface area (Å²) in [5.74, 6) is 0.657. The first-order chi connectivity index (χ1) is 9.15. The summed E-state index contributed by atoms with van der Waals surface area (Å²) in [6, 6.07) is 11.2. The third-order valence-corrected chi connectivity index (χ3v) is 3.56. The number of carbonyl (C=O) groups is 1. The molecule has 2 rings (SSSR count). The van der Waals surface area contributed by atoms with Gasteiger partial charge in [-0.1, -0.05) is 29.8 Å². The number of aromatic nitrogens is 1. The van der Waals surface area contributed by atoms with Crippen LogP contribution in [-0.4, -0.2) is 18.3 Å². The molecule has 1 atom stereocenters. The summed E-state index contributed by atoms with van der Waals surface area (Å²) < 4.78 is 0. The molecule has 0 bridgehead atoms. The van der Waals surface area contributed by atoms with Crippen molar-refractivity contribution in [3.63, 3.8) is 0 Å². The van der Waals surface area contributed by atoms with E-state index in [1.165, 1.54) is 0 Å². The molecule has 0 saturated heterocycles. The Morgan fingerprint density at radius 2 is 2.00 bits per heavy atom. The zero-order valence-electron chi connectivity index (χ0n) is 10.9. The Hall–Kier alpha value is -1.87. The lowest BCUT2D eigenvalue weighted by Crippen LogP contribution is -2.24. The molecule has 0 aliphatic heterocycles. The predicted octanol–water partition coefficient (Wildman–Crippen LogP) is 3.74. The maximum Gasteiger partial charge on any atom is 0.153 e. The minimum atomic E-state index is 0.0299. The molecular weight excluding hydrogens is 260 g/mol. The lowest BCUT2D eigenvalue weighted by atomic mass is 10.1. The quantitative estimate of drug-likeness (QED) is 0.796. The summed E-state index contributed by atoms with van der Waals surface area (Å²) in [5, 5.41) is 0.713. The van der Waals surface area contributed by atoms with Gasteiger partial charge in [-0.25, -0.2) is 4.98 Å². The van der Waals surface area contributed by atoms with Crippen molar-refractivity contribution < 1.29 is 4.79 Å². The predicted molar refractivity (Wildman–Crippen MR) is 77.9 cm³/mol. The fraction of sp³-hybridized carbons (Fsp3) is 0.200. The third kappa shape index (κ3) is 2.76. The van der Waals surface area contributed by atoms with E-state index in [1.807, 2.05) is 43.1 Å². The molecule has 2 aromatic rings. The molecule has 0 aliphatic rings. The van der Waals surface area contributed by atoms with Gasteiger partial charge in [0, 0.05) is 18.3 Å². The molecule has 0 N–H and O–H groups in total. The van der Waals surface area contributed by atoms with Gasteiger partial charge in [-0.05, 0) is 30.7 Å². The second kappa shape index (κ2) is 5.85. The normalized spacial score (nSPS) is 11.9. The van der Waals surface area contributed by atoms with Crippen molar-refractivity contribution in [2.45, 2.75) is 13.0 Å². The van der Waals surface area contributed by atoms with Crippen molar-refractivity contribution in [2.24, 2.45) is 0 Å². The van der Waals surface area contributed by atoms with Crippen molar-refractivity contribution in [1.82, 2.24) is 4.98 Å². The maximum absolute atomic E-state index is 11.1. The highest BCUT2D eigenvalue weighted by Gasteiger charge is 2.17. The monoisotopic (exact) mass is 274 g/mol. The number of anilines is 1. The number of pyridine rings is 1. The molecule has 19 heavy (non-hydrogen) atoms. The molecule has 0 spiro atoms. The average Bonchev–Trinajstić information content (AvgIpc) is 2.46. The van der Waals surface area contributed by atoms with Crippen LogP contribution >= 0.6 is 11.6 Å². The Bertz CT molecular complexity index is 586. The number of carbonyl (C=O) groups excluding carboxylic acids is 1. The molecule has 3 nitrogen and oxygen atoms in total. The van der Waals surface area contributed by atoms with E-state index in [0.29, 0.717) is 16.4 Å². The summed E-state index contributed by atoms with van der Waals surface area (Å²) in [6.45, 7) is 2.03. The third-order valence-electron chi connectivity index (χ3n) is 3.21. The number of halogens is 1. The summed E-state index contributed by atoms with van der Waals surface area (Å²) in [7, 11) is 1.91. The van der Waals surface area contributed by atoms with Gasteiger partial charge in [0.05, 0.1) is 11.6 Å². The van der Waals surface area contributed by atoms with Gasteiger partial charge in [-0.3, -0.25) is 4.79 Å². The van der Waals surface area contributed by atoms with E-state index >= 15 is 0 Å². The van der Waals surface area contributed by atoms with Crippen LogP contribution in [0.25, 0.3) is 0 Å². The van der Waals surface area contributed by atoms with Crippen molar-refractivity contribution in [3.8, 4) is 0 Å². The highest BCUT2D eigenvalue weighted by atomic mass is 35.5. The lowest BCUT2D eigenvalue weighted by molar-refractivity contribution is 0.112. The number of aldehydes is 1. The largest absolute Gasteiger partial charge is 0.352 e. The molecule has 1 aromatic heterocycles. The number of hydrogen-bond acceptors (Lipinski definition) is 3. The van der Waals surface area contributed by atoms with Crippen LogP contribution in [0, 0.1) is 0 Å². The minimum Gasteiger partial charge on any atom is -0.352 e. The number of benzene rings is 1. The first-order valence-electron chi connectivity index (χ1n) is 6.02. The molecular formula is C15H15ClN2O. The van der Waals surface area contributed by atoms with Crippen LogP contribution in [0.5, 0.6) is 0 Å². The van der Waals surface area contributed by atoms with Gasteiger partial charge in [-0.15, -0.1) is 0 Å². The highest BCUT2D eigenvalue weighted by molar-refractivity contribution is 6.31. The Labute approximate surface area is 117 Å². The molecule has 1 aromatic carbocycles. The minimum absolute atomic E-state index is 0.0299. The molecule has 1 heterocycles. The van der Waals surface area contributed by atoms with E-state index in [2.05, 4.69) is 4.98 Å². The van der Waals surface area contributed by atoms with Crippen LogP contribution in [0.1, 0.15) is 28.9 Å². The SMILES string of the molecule is CC(c1ccccc1Cl)N(C)c1ncccc1C=O. The van der Waals surface area contributed by atoms with Gasteiger partial charge >= 0.3 is 0 Å². The fourth-order valence-corrected chi connectivity index (χ4v) is 2.30. The molecule has 1 unspecified atom stereocenters. The first kappa shape index (κ1) is 13.6. The zero-order valence-corrected chi connectivity index (χ0v) is 11.6. The number of nitrogens with zero attached hydrogens (tertiary/aromatic N) is 2. The van der Waals surface area contributed by atoms with Gasteiger partial charge in [0.2, 0.25) is 0 Å². The second-order valence-electron chi connectivity index (χ2n) is 4.34. The summed E-state index contributed by atoms with van der Waals surface area (Å²) in [6.07, 6.45) is 2.50. The van der Waals surface area contributed by atoms with Crippen LogP contribution in [0.2, 0.25) is 5.02 Å². The zero-order chi connectivity index (χ0) is 13.8. The van der Waals surface area contributed by atoms with Crippen LogP contribution in [0.15, 0.2) is 42.6 Å². The summed E-state index contributed by atoms with van der Waals surface area (Å²) in [5.41, 5.74) is 1.58. The fourth-order valence-electron chi connectivity index (χ4n) is 2.00. The molecule has 0 amide bonds. The van der Waals surface area contributed by atoms with Gasteiger partial charge in [-0.2, -0.15) is 0 Å². The number of hydrogen-bond donors (Lipinski definition) is 0. The van der Waals surface area contributed by atoms with Crippen LogP contribution < -0.4 is 4.90 Å². The van der Waals surface area contributed by atoms with E-state index in [4.69, 9.17) is 11.6 Å². The molecule has 0 fully saturated rings. The second-order valence-corrected chi connectivity index (χ2v) is 4.75. The van der Waals surface area contributed by atoms with E-state index in [0.717, 1.165) is 11.8 Å². The van der Waals surface area contributed by atoms with Gasteiger partial charge in [0.15, 0.2) is 6.29 Å². The topological polar surface area (TPSA) is 33.2 Å². The van der Waals surface area contributed by atoms with Gasteiger partial charge in [0.1, 0.15) is 5.82 Å². The average molecular weight is 275 g/mol. The van der Waals surface area contributed by atoms with Gasteiger partial charge < -0.3 is 4.90 Å². The summed E-state index contributed by atoms with van der Waals surface area (Å²) in [4.78, 5) is 17.3. The maximum atomic E-state index is 11.1. The smallest absolute Gasteiger partial charge is 0.153 e. The van der Waals surface area contributed by atoms with E-state index in [9.17, 15) is 4.79 Å². The van der Waals surface area contributed by atoms with Crippen molar-refractivity contribution in [3.05, 3.63) is 58.7 Å². The van der Waals surface area contributed by atoms with Crippen molar-refractivity contribution in [2.75, 3.05) is 11.9 Å². The Balaban J connectivity index is 2.36. The lowest BCUT2D eigenvalue weighted by Gasteiger charge is -2.27. The van der Waals surface area contributed by atoms with Gasteiger partial charge in [0.25, 0.3) is 0 Å². The van der Waals surface area contributed by atoms with E-state index in [1.54, 1.807) is 18.3 Å². The molecule has 0 radical (unpaired) electrons. The number of rotatable bonds is 4. The standard InChI is InChI=1S/C15H15ClN2O/c1-11(13-7-3-4-8-14(13)16)18(2)15-12(10-19)6-5-9-17-15/h3-11H,1-2H3. The van der Waals surface area contributed by atoms with E-state index in [-0.39, 0.29) is 6.04 Å².